The smallest absolute Gasteiger partial charge is 0.263 e. The Morgan fingerprint density at radius 3 is 3.10 bits per heavy atom. The van der Waals surface area contributed by atoms with Crippen molar-refractivity contribution in [1.29, 1.82) is 0 Å². The molecular formula is C15H20N2O3. The second kappa shape index (κ2) is 5.79. The molecule has 1 aromatic heterocycles. The van der Waals surface area contributed by atoms with Gasteiger partial charge in [-0.25, -0.2) is 0 Å². The number of hydrogen-bond acceptors (Lipinski definition) is 4. The van der Waals surface area contributed by atoms with E-state index in [2.05, 4.69) is 4.98 Å². The molecule has 2 fully saturated rings. The summed E-state index contributed by atoms with van der Waals surface area (Å²) in [5.74, 6) is 1.29. The number of carbonyl (C=O) groups is 1. The second-order valence-corrected chi connectivity index (χ2v) is 5.46. The largest absolute Gasteiger partial charge is 0.479 e. The average molecular weight is 276 g/mol. The first-order valence-corrected chi connectivity index (χ1v) is 7.20. The van der Waals surface area contributed by atoms with Gasteiger partial charge in [-0.3, -0.25) is 9.78 Å². The summed E-state index contributed by atoms with van der Waals surface area (Å²) in [6, 6.07) is 3.85. The van der Waals surface area contributed by atoms with E-state index in [4.69, 9.17) is 9.47 Å². The normalized spacial score (nSPS) is 24.2. The molecule has 1 aromatic rings. The first-order chi connectivity index (χ1) is 9.75. The number of ether oxygens (including phenoxy) is 2. The third-order valence-electron chi connectivity index (χ3n) is 3.91. The molecule has 2 heterocycles. The van der Waals surface area contributed by atoms with Crippen LogP contribution in [0.15, 0.2) is 24.5 Å². The molecule has 1 saturated heterocycles. The van der Waals surface area contributed by atoms with E-state index in [1.807, 2.05) is 11.0 Å². The van der Waals surface area contributed by atoms with Gasteiger partial charge in [0.2, 0.25) is 0 Å². The van der Waals surface area contributed by atoms with Gasteiger partial charge in [0.15, 0.2) is 6.10 Å². The Labute approximate surface area is 118 Å². The van der Waals surface area contributed by atoms with Gasteiger partial charge in [0.25, 0.3) is 5.91 Å². The van der Waals surface area contributed by atoms with Gasteiger partial charge in [-0.2, -0.15) is 0 Å². The lowest BCUT2D eigenvalue weighted by molar-refractivity contribution is -0.147. The molecule has 0 bridgehead atoms. The zero-order valence-corrected chi connectivity index (χ0v) is 11.7. The zero-order valence-electron chi connectivity index (χ0n) is 11.7. The lowest BCUT2D eigenvalue weighted by Gasteiger charge is -2.37. The maximum absolute atomic E-state index is 12.6. The number of morpholine rings is 1. The maximum Gasteiger partial charge on any atom is 0.263 e. The fourth-order valence-corrected chi connectivity index (χ4v) is 2.67. The van der Waals surface area contributed by atoms with Crippen molar-refractivity contribution < 1.29 is 14.3 Å². The highest BCUT2D eigenvalue weighted by Gasteiger charge is 2.40. The average Bonchev–Trinajstić information content (AvgIpc) is 3.32. The van der Waals surface area contributed by atoms with Gasteiger partial charge in [0.1, 0.15) is 5.75 Å². The Morgan fingerprint density at radius 2 is 2.40 bits per heavy atom. The van der Waals surface area contributed by atoms with Gasteiger partial charge in [-0.15, -0.1) is 0 Å². The Hall–Kier alpha value is -1.62. The molecule has 2 aliphatic rings. The predicted octanol–water partition coefficient (Wildman–Crippen LogP) is 1.49. The molecule has 1 saturated carbocycles. The summed E-state index contributed by atoms with van der Waals surface area (Å²) in [7, 11) is 0. The molecule has 5 heteroatoms. The predicted molar refractivity (Wildman–Crippen MR) is 73.4 cm³/mol. The topological polar surface area (TPSA) is 51.7 Å². The summed E-state index contributed by atoms with van der Waals surface area (Å²) in [6.45, 7) is 3.75. The van der Waals surface area contributed by atoms with Gasteiger partial charge < -0.3 is 14.4 Å². The highest BCUT2D eigenvalue weighted by atomic mass is 16.5. The van der Waals surface area contributed by atoms with Crippen LogP contribution in [0.2, 0.25) is 0 Å². The van der Waals surface area contributed by atoms with Gasteiger partial charge in [-0.1, -0.05) is 0 Å². The van der Waals surface area contributed by atoms with Crippen LogP contribution in [0.4, 0.5) is 0 Å². The SMILES string of the molecule is CC(Oc1cccnc1)C(=O)N1CCOCC1C1CC1. The number of hydrogen-bond donors (Lipinski definition) is 0. The Morgan fingerprint density at radius 1 is 1.55 bits per heavy atom. The quantitative estimate of drug-likeness (QED) is 0.836. The fourth-order valence-electron chi connectivity index (χ4n) is 2.67. The Balaban J connectivity index is 1.64. The first-order valence-electron chi connectivity index (χ1n) is 7.20. The number of aromatic nitrogens is 1. The number of pyridine rings is 1. The van der Waals surface area contributed by atoms with E-state index in [-0.39, 0.29) is 11.9 Å². The van der Waals surface area contributed by atoms with E-state index in [9.17, 15) is 4.79 Å². The van der Waals surface area contributed by atoms with Crippen molar-refractivity contribution in [3.63, 3.8) is 0 Å². The van der Waals surface area contributed by atoms with Crippen LogP contribution in [0.1, 0.15) is 19.8 Å². The molecule has 0 radical (unpaired) electrons. The number of nitrogens with zero attached hydrogens (tertiary/aromatic N) is 2. The molecule has 1 aliphatic heterocycles. The third-order valence-corrected chi connectivity index (χ3v) is 3.91. The van der Waals surface area contributed by atoms with Crippen molar-refractivity contribution >= 4 is 5.91 Å². The number of rotatable bonds is 4. The summed E-state index contributed by atoms with van der Waals surface area (Å²) in [4.78, 5) is 18.5. The van der Waals surface area contributed by atoms with Crippen LogP contribution >= 0.6 is 0 Å². The minimum Gasteiger partial charge on any atom is -0.479 e. The van der Waals surface area contributed by atoms with Crippen LogP contribution in [0, 0.1) is 5.92 Å². The summed E-state index contributed by atoms with van der Waals surface area (Å²) < 4.78 is 11.2. The van der Waals surface area contributed by atoms with Crippen molar-refractivity contribution in [2.75, 3.05) is 19.8 Å². The zero-order chi connectivity index (χ0) is 13.9. The Bertz CT molecular complexity index is 461. The van der Waals surface area contributed by atoms with Crippen LogP contribution in [0.5, 0.6) is 5.75 Å². The number of carbonyl (C=O) groups excluding carboxylic acids is 1. The standard InChI is InChI=1S/C15H20N2O3/c1-11(20-13-3-2-6-16-9-13)15(18)17-7-8-19-10-14(17)12-4-5-12/h2-3,6,9,11-12,14H,4-5,7-8,10H2,1H3. The van der Waals surface area contributed by atoms with Crippen molar-refractivity contribution in [3.8, 4) is 5.75 Å². The van der Waals surface area contributed by atoms with Crippen LogP contribution in [-0.2, 0) is 9.53 Å². The highest BCUT2D eigenvalue weighted by molar-refractivity contribution is 5.81. The first kappa shape index (κ1) is 13.4. The van der Waals surface area contributed by atoms with E-state index >= 15 is 0 Å². The van der Waals surface area contributed by atoms with E-state index < -0.39 is 6.10 Å². The number of amides is 1. The molecule has 0 N–H and O–H groups in total. The van der Waals surface area contributed by atoms with Crippen LogP contribution in [0.3, 0.4) is 0 Å². The minimum atomic E-state index is -0.487. The van der Waals surface area contributed by atoms with Crippen molar-refractivity contribution in [2.24, 2.45) is 5.92 Å². The lowest BCUT2D eigenvalue weighted by atomic mass is 10.1. The highest BCUT2D eigenvalue weighted by Crippen LogP contribution is 2.36. The molecule has 2 unspecified atom stereocenters. The van der Waals surface area contributed by atoms with Crippen LogP contribution < -0.4 is 4.74 Å². The third kappa shape index (κ3) is 2.93. The minimum absolute atomic E-state index is 0.0500. The summed E-state index contributed by atoms with van der Waals surface area (Å²) >= 11 is 0. The molecule has 1 aliphatic carbocycles. The monoisotopic (exact) mass is 276 g/mol. The van der Waals surface area contributed by atoms with Crippen molar-refractivity contribution in [3.05, 3.63) is 24.5 Å². The van der Waals surface area contributed by atoms with Gasteiger partial charge in [-0.05, 0) is 37.8 Å². The van der Waals surface area contributed by atoms with E-state index in [0.717, 1.165) is 0 Å². The maximum atomic E-state index is 12.6. The van der Waals surface area contributed by atoms with E-state index in [0.29, 0.717) is 31.4 Å². The van der Waals surface area contributed by atoms with Crippen LogP contribution in [-0.4, -0.2) is 47.7 Å². The van der Waals surface area contributed by atoms with Crippen molar-refractivity contribution in [2.45, 2.75) is 31.9 Å². The molecule has 5 nitrogen and oxygen atoms in total. The van der Waals surface area contributed by atoms with E-state index in [1.165, 1.54) is 12.8 Å². The molecule has 2 atom stereocenters. The molecule has 0 spiro atoms. The molecule has 1 amide bonds. The molecule has 108 valence electrons. The summed E-state index contributed by atoms with van der Waals surface area (Å²) in [5, 5.41) is 0. The lowest BCUT2D eigenvalue weighted by Crippen LogP contribution is -2.53. The van der Waals surface area contributed by atoms with Gasteiger partial charge >= 0.3 is 0 Å². The molecular weight excluding hydrogens is 256 g/mol. The van der Waals surface area contributed by atoms with Gasteiger partial charge in [0, 0.05) is 12.7 Å². The Kier molecular flexibility index (Phi) is 3.87. The summed E-state index contributed by atoms with van der Waals surface area (Å²) in [6.07, 6.45) is 5.23. The molecule has 20 heavy (non-hydrogen) atoms. The molecule has 0 aromatic carbocycles. The van der Waals surface area contributed by atoms with E-state index in [1.54, 1.807) is 25.4 Å². The summed E-state index contributed by atoms with van der Waals surface area (Å²) in [5.41, 5.74) is 0. The molecule has 3 rings (SSSR count). The second-order valence-electron chi connectivity index (χ2n) is 5.46. The van der Waals surface area contributed by atoms with Gasteiger partial charge in [0.05, 0.1) is 25.5 Å². The van der Waals surface area contributed by atoms with Crippen LogP contribution in [0.25, 0.3) is 0 Å². The fraction of sp³-hybridized carbons (Fsp3) is 0.600. The van der Waals surface area contributed by atoms with Crippen molar-refractivity contribution in [1.82, 2.24) is 9.88 Å².